The number of aliphatic hydroxyl groups excluding tert-OH is 1. The lowest BCUT2D eigenvalue weighted by Crippen LogP contribution is -2.45. The molecule has 0 fully saturated rings. The van der Waals surface area contributed by atoms with Crippen molar-refractivity contribution in [3.8, 4) is 0 Å². The first-order chi connectivity index (χ1) is 31.5. The van der Waals surface area contributed by atoms with Crippen molar-refractivity contribution >= 4 is 13.7 Å². The van der Waals surface area contributed by atoms with E-state index in [1.54, 1.807) is 6.08 Å². The van der Waals surface area contributed by atoms with Gasteiger partial charge in [0.15, 0.2) is 0 Å². The number of phosphoric acid groups is 1. The molecule has 0 aliphatic heterocycles. The van der Waals surface area contributed by atoms with Crippen LogP contribution in [0.25, 0.3) is 0 Å². The Balaban J connectivity index is 4.19. The Kier molecular flexibility index (Phi) is 46.8. The number of likely N-dealkylation sites (N-methyl/N-ethyl adjacent to an activating group) is 1. The van der Waals surface area contributed by atoms with Gasteiger partial charge in [0.05, 0.1) is 39.9 Å². The van der Waals surface area contributed by atoms with Gasteiger partial charge in [-0.3, -0.25) is 9.36 Å². The Bertz CT molecular complexity index is 1150. The molecule has 2 N–H and O–H groups in total. The lowest BCUT2D eigenvalue weighted by Gasteiger charge is -2.29. The quantitative estimate of drug-likeness (QED) is 0.0272. The molecule has 65 heavy (non-hydrogen) atoms. The summed E-state index contributed by atoms with van der Waals surface area (Å²) in [5, 5.41) is 13.8. The topological polar surface area (TPSA) is 108 Å². The minimum absolute atomic E-state index is 0.00760. The summed E-state index contributed by atoms with van der Waals surface area (Å²) in [5.41, 5.74) is 0. The van der Waals surface area contributed by atoms with Crippen molar-refractivity contribution in [2.24, 2.45) is 0 Å². The Labute approximate surface area is 404 Å². The summed E-state index contributed by atoms with van der Waals surface area (Å²) in [7, 11) is 1.24. The third-order valence-corrected chi connectivity index (χ3v) is 13.5. The van der Waals surface area contributed by atoms with Gasteiger partial charge in [-0.25, -0.2) is 0 Å². The van der Waals surface area contributed by atoms with E-state index in [0.29, 0.717) is 17.4 Å². The molecule has 0 aliphatic carbocycles. The zero-order valence-electron chi connectivity index (χ0n) is 43.7. The molecular weight excluding hydrogens is 828 g/mol. The van der Waals surface area contributed by atoms with Gasteiger partial charge in [-0.2, -0.15) is 0 Å². The number of quaternary nitrogens is 1. The number of hydrogen-bond donors (Lipinski definition) is 2. The zero-order chi connectivity index (χ0) is 47.8. The van der Waals surface area contributed by atoms with Gasteiger partial charge in [-0.1, -0.05) is 237 Å². The minimum atomic E-state index is -4.60. The van der Waals surface area contributed by atoms with Crippen molar-refractivity contribution in [1.29, 1.82) is 0 Å². The third-order valence-electron chi connectivity index (χ3n) is 12.6. The number of rotatable bonds is 51. The van der Waals surface area contributed by atoms with Crippen molar-refractivity contribution in [2.45, 2.75) is 276 Å². The second-order valence-corrected chi connectivity index (χ2v) is 21.7. The van der Waals surface area contributed by atoms with Gasteiger partial charge >= 0.3 is 0 Å². The summed E-state index contributed by atoms with van der Waals surface area (Å²) in [6.45, 7) is 4.63. The molecule has 1 amide bonds. The third kappa shape index (κ3) is 50.4. The molecule has 0 aromatic rings. The number of carbonyl (C=O) groups is 1. The maximum absolute atomic E-state index is 12.9. The smallest absolute Gasteiger partial charge is 0.268 e. The molecule has 0 radical (unpaired) electrons. The number of unbranched alkanes of at least 4 members (excludes halogenated alkanes) is 34. The first-order valence-electron chi connectivity index (χ1n) is 27.9. The molecule has 0 aromatic carbocycles. The number of allylic oxidation sites excluding steroid dienone is 5. The van der Waals surface area contributed by atoms with Crippen molar-refractivity contribution in [3.05, 3.63) is 36.5 Å². The number of amides is 1. The molecule has 0 rings (SSSR count). The molecule has 0 aromatic heterocycles. The summed E-state index contributed by atoms with van der Waals surface area (Å²) >= 11 is 0. The van der Waals surface area contributed by atoms with Crippen LogP contribution in [-0.2, 0) is 18.4 Å². The van der Waals surface area contributed by atoms with Crippen molar-refractivity contribution in [3.63, 3.8) is 0 Å². The van der Waals surface area contributed by atoms with Crippen LogP contribution in [0.3, 0.4) is 0 Å². The highest BCUT2D eigenvalue weighted by Gasteiger charge is 2.23. The molecule has 0 bridgehead atoms. The van der Waals surface area contributed by atoms with E-state index in [-0.39, 0.29) is 12.5 Å². The van der Waals surface area contributed by atoms with E-state index in [9.17, 15) is 19.4 Å². The van der Waals surface area contributed by atoms with Crippen LogP contribution in [0.5, 0.6) is 0 Å². The summed E-state index contributed by atoms with van der Waals surface area (Å²) < 4.78 is 23.3. The first-order valence-corrected chi connectivity index (χ1v) is 29.3. The van der Waals surface area contributed by atoms with E-state index in [1.165, 1.54) is 186 Å². The van der Waals surface area contributed by atoms with E-state index in [0.717, 1.165) is 57.8 Å². The lowest BCUT2D eigenvalue weighted by molar-refractivity contribution is -0.870. The van der Waals surface area contributed by atoms with E-state index in [1.807, 2.05) is 27.2 Å². The van der Waals surface area contributed by atoms with Gasteiger partial charge in [0, 0.05) is 6.42 Å². The molecule has 0 saturated carbocycles. The Morgan fingerprint density at radius 2 is 0.862 bits per heavy atom. The standard InChI is InChI=1S/C56H109N2O6P/c1-6-8-10-12-14-16-18-20-22-23-24-25-26-27-28-29-30-31-32-33-34-35-36-37-39-41-43-45-47-49-55(59)54(53-64-65(61,62)63-52-51-58(3,4)5)57-56(60)50-48-46-44-42-40-38-21-19-17-15-13-11-9-7-2/h19,21,39,41,47,49,54-55,59H,6-18,20,22-38,40,42-46,48,50-53H2,1-5H3,(H-,57,60,61,62)/b21-19-,41-39+,49-47+. The van der Waals surface area contributed by atoms with E-state index in [4.69, 9.17) is 9.05 Å². The molecule has 3 unspecified atom stereocenters. The van der Waals surface area contributed by atoms with Crippen LogP contribution in [0.15, 0.2) is 36.5 Å². The monoisotopic (exact) mass is 937 g/mol. The molecule has 384 valence electrons. The number of nitrogens with zero attached hydrogens (tertiary/aromatic N) is 1. The Hall–Kier alpha value is -1.28. The normalized spacial score (nSPS) is 14.3. The van der Waals surface area contributed by atoms with Crippen LogP contribution in [-0.4, -0.2) is 68.5 Å². The zero-order valence-corrected chi connectivity index (χ0v) is 44.6. The molecule has 0 spiro atoms. The summed E-state index contributed by atoms with van der Waals surface area (Å²) in [6.07, 6.45) is 60.9. The number of hydrogen-bond acceptors (Lipinski definition) is 6. The second kappa shape index (κ2) is 47.8. The molecule has 0 heterocycles. The van der Waals surface area contributed by atoms with Crippen LogP contribution in [0, 0.1) is 0 Å². The SMILES string of the molecule is CCCCCCC/C=C\CCCCCCCC(=O)NC(COP(=O)([O-])OCC[N+](C)(C)C)C(O)/C=C/CC/C=C/CCCCCCCCCCCCCCCCCCCCCCCCC. The molecule has 8 nitrogen and oxygen atoms in total. The average Bonchev–Trinajstić information content (AvgIpc) is 3.26. The minimum Gasteiger partial charge on any atom is -0.756 e. The van der Waals surface area contributed by atoms with Gasteiger partial charge in [0.25, 0.3) is 7.82 Å². The molecular formula is C56H109N2O6P. The highest BCUT2D eigenvalue weighted by Crippen LogP contribution is 2.38. The number of phosphoric ester groups is 1. The van der Waals surface area contributed by atoms with Gasteiger partial charge in [0.2, 0.25) is 5.91 Å². The first kappa shape index (κ1) is 63.7. The highest BCUT2D eigenvalue weighted by atomic mass is 31.2. The van der Waals surface area contributed by atoms with Crippen LogP contribution in [0.4, 0.5) is 0 Å². The van der Waals surface area contributed by atoms with Gasteiger partial charge in [0.1, 0.15) is 13.2 Å². The fraction of sp³-hybridized carbons (Fsp3) is 0.875. The van der Waals surface area contributed by atoms with Crippen molar-refractivity contribution < 1.29 is 32.9 Å². The molecule has 3 atom stereocenters. The number of nitrogens with one attached hydrogen (secondary N) is 1. The van der Waals surface area contributed by atoms with E-state index in [2.05, 4.69) is 43.5 Å². The maximum atomic E-state index is 12.9. The summed E-state index contributed by atoms with van der Waals surface area (Å²) in [5.74, 6) is -0.215. The molecule has 0 saturated heterocycles. The molecule has 9 heteroatoms. The Morgan fingerprint density at radius 1 is 0.523 bits per heavy atom. The summed E-state index contributed by atoms with van der Waals surface area (Å²) in [4.78, 5) is 25.4. The number of carbonyl (C=O) groups excluding carboxylic acids is 1. The predicted octanol–water partition coefficient (Wildman–Crippen LogP) is 16.0. The average molecular weight is 937 g/mol. The maximum Gasteiger partial charge on any atom is 0.268 e. The fourth-order valence-electron chi connectivity index (χ4n) is 8.17. The van der Waals surface area contributed by atoms with Crippen molar-refractivity contribution in [2.75, 3.05) is 40.9 Å². The Morgan fingerprint density at radius 3 is 1.25 bits per heavy atom. The lowest BCUT2D eigenvalue weighted by atomic mass is 10.0. The predicted molar refractivity (Wildman–Crippen MR) is 279 cm³/mol. The molecule has 0 aliphatic rings. The largest absolute Gasteiger partial charge is 0.756 e. The van der Waals surface area contributed by atoms with Crippen molar-refractivity contribution in [1.82, 2.24) is 5.32 Å². The fourth-order valence-corrected chi connectivity index (χ4v) is 8.89. The van der Waals surface area contributed by atoms with Crippen LogP contribution in [0.1, 0.15) is 264 Å². The van der Waals surface area contributed by atoms with E-state index >= 15 is 0 Å². The number of aliphatic hydroxyl groups is 1. The highest BCUT2D eigenvalue weighted by molar-refractivity contribution is 7.45. The summed E-state index contributed by atoms with van der Waals surface area (Å²) in [6, 6.07) is -0.907. The van der Waals surface area contributed by atoms with E-state index < -0.39 is 26.6 Å². The van der Waals surface area contributed by atoms with Crippen LogP contribution >= 0.6 is 7.82 Å². The van der Waals surface area contributed by atoms with Gasteiger partial charge in [-0.15, -0.1) is 0 Å². The van der Waals surface area contributed by atoms with Crippen LogP contribution < -0.4 is 10.2 Å². The second-order valence-electron chi connectivity index (χ2n) is 20.3. The van der Waals surface area contributed by atoms with Gasteiger partial charge in [-0.05, 0) is 57.8 Å². The van der Waals surface area contributed by atoms with Crippen LogP contribution in [0.2, 0.25) is 0 Å². The van der Waals surface area contributed by atoms with Gasteiger partial charge < -0.3 is 28.8 Å².